The maximum atomic E-state index is 10.7. The topological polar surface area (TPSA) is 17.1 Å². The molecule has 0 saturated heterocycles. The molecule has 66 valence electrons. The predicted molar refractivity (Wildman–Crippen MR) is 59.2 cm³/mol. The largest absolute Gasteiger partial charge is 0.298 e. The van der Waals surface area contributed by atoms with Crippen molar-refractivity contribution < 1.29 is 4.79 Å². The first-order chi connectivity index (χ1) is 6.22. The Labute approximate surface area is 85.8 Å². The number of aryl methyl sites for hydroxylation is 1. The molecular formula is C10H8OS2. The van der Waals surface area contributed by atoms with E-state index < -0.39 is 0 Å². The maximum absolute atomic E-state index is 10.7. The highest BCUT2D eigenvalue weighted by atomic mass is 32.1. The molecule has 0 aliphatic heterocycles. The van der Waals surface area contributed by atoms with Crippen LogP contribution in [-0.2, 0) is 0 Å². The summed E-state index contributed by atoms with van der Waals surface area (Å²) < 4.78 is 1.15. The lowest BCUT2D eigenvalue weighted by molar-refractivity contribution is 0.112. The Morgan fingerprint density at radius 1 is 1.46 bits per heavy atom. The fourth-order valence-electron chi connectivity index (χ4n) is 1.27. The van der Waals surface area contributed by atoms with E-state index >= 15 is 0 Å². The van der Waals surface area contributed by atoms with E-state index in [-0.39, 0.29) is 0 Å². The highest BCUT2D eigenvalue weighted by Crippen LogP contribution is 2.29. The predicted octanol–water partition coefficient (Wildman–Crippen LogP) is 3.31. The van der Waals surface area contributed by atoms with Gasteiger partial charge in [-0.1, -0.05) is 0 Å². The number of rotatable bonds is 1. The molecule has 0 N–H and O–H groups in total. The summed E-state index contributed by atoms with van der Waals surface area (Å²) in [6.45, 7) is 2.02. The van der Waals surface area contributed by atoms with Crippen LogP contribution < -0.4 is 0 Å². The van der Waals surface area contributed by atoms with Gasteiger partial charge in [0.1, 0.15) is 0 Å². The lowest BCUT2D eigenvalue weighted by Gasteiger charge is -1.98. The van der Waals surface area contributed by atoms with Gasteiger partial charge in [-0.05, 0) is 24.6 Å². The highest BCUT2D eigenvalue weighted by Gasteiger charge is 2.04. The molecule has 0 saturated carbocycles. The van der Waals surface area contributed by atoms with Crippen molar-refractivity contribution in [3.63, 3.8) is 0 Å². The van der Waals surface area contributed by atoms with E-state index in [0.29, 0.717) is 0 Å². The first kappa shape index (κ1) is 8.78. The number of carbonyl (C=O) groups is 1. The summed E-state index contributed by atoms with van der Waals surface area (Å²) >= 11 is 5.92. The molecular weight excluding hydrogens is 200 g/mol. The van der Waals surface area contributed by atoms with Gasteiger partial charge in [0.25, 0.3) is 0 Å². The van der Waals surface area contributed by atoms with Crippen LogP contribution in [0.3, 0.4) is 0 Å². The van der Waals surface area contributed by atoms with Crippen molar-refractivity contribution in [3.8, 4) is 0 Å². The molecule has 1 nitrogen and oxygen atoms in total. The van der Waals surface area contributed by atoms with Crippen molar-refractivity contribution >= 4 is 40.3 Å². The zero-order valence-electron chi connectivity index (χ0n) is 7.07. The van der Waals surface area contributed by atoms with Crippen molar-refractivity contribution in [1.82, 2.24) is 0 Å². The average Bonchev–Trinajstić information content (AvgIpc) is 2.48. The molecule has 3 heteroatoms. The number of benzene rings is 1. The Kier molecular flexibility index (Phi) is 2.14. The quantitative estimate of drug-likeness (QED) is 0.562. The number of fused-ring (bicyclic) bond motifs is 1. The molecule has 0 spiro atoms. The van der Waals surface area contributed by atoms with Crippen molar-refractivity contribution in [3.05, 3.63) is 28.6 Å². The average molecular weight is 208 g/mol. The van der Waals surface area contributed by atoms with Crippen LogP contribution in [-0.4, -0.2) is 6.29 Å². The number of thiophene rings is 1. The molecule has 0 radical (unpaired) electrons. The van der Waals surface area contributed by atoms with Gasteiger partial charge in [0.05, 0.1) is 0 Å². The summed E-state index contributed by atoms with van der Waals surface area (Å²) in [5, 5.41) is 2.89. The van der Waals surface area contributed by atoms with Crippen molar-refractivity contribution in [2.45, 2.75) is 11.8 Å². The number of carbonyl (C=O) groups excluding carboxylic acids is 1. The maximum Gasteiger partial charge on any atom is 0.151 e. The summed E-state index contributed by atoms with van der Waals surface area (Å²) in [6, 6.07) is 4.02. The summed E-state index contributed by atoms with van der Waals surface area (Å²) in [6.07, 6.45) is 0.890. The van der Waals surface area contributed by atoms with Gasteiger partial charge >= 0.3 is 0 Å². The van der Waals surface area contributed by atoms with Crippen molar-refractivity contribution in [1.29, 1.82) is 0 Å². The van der Waals surface area contributed by atoms with Crippen LogP contribution in [0.15, 0.2) is 22.4 Å². The summed E-state index contributed by atoms with van der Waals surface area (Å²) in [5.74, 6) is 0. The van der Waals surface area contributed by atoms with Gasteiger partial charge < -0.3 is 0 Å². The minimum Gasteiger partial charge on any atom is -0.298 e. The van der Waals surface area contributed by atoms with E-state index in [9.17, 15) is 4.79 Å². The third-order valence-electron chi connectivity index (χ3n) is 2.05. The molecule has 0 unspecified atom stereocenters. The Morgan fingerprint density at radius 2 is 2.23 bits per heavy atom. The molecule has 0 fully saturated rings. The van der Waals surface area contributed by atoms with E-state index in [1.165, 1.54) is 0 Å². The lowest BCUT2D eigenvalue weighted by atomic mass is 10.1. The van der Waals surface area contributed by atoms with Gasteiger partial charge in [0, 0.05) is 25.9 Å². The molecule has 1 heterocycles. The lowest BCUT2D eigenvalue weighted by Crippen LogP contribution is -1.78. The molecule has 0 aliphatic carbocycles. The van der Waals surface area contributed by atoms with Crippen LogP contribution in [0.25, 0.3) is 10.1 Å². The molecule has 1 aromatic carbocycles. The summed E-state index contributed by atoms with van der Waals surface area (Å²) in [4.78, 5) is 11.6. The number of hydrogen-bond donors (Lipinski definition) is 1. The van der Waals surface area contributed by atoms with E-state index in [4.69, 9.17) is 0 Å². The van der Waals surface area contributed by atoms with Gasteiger partial charge in [-0.15, -0.1) is 24.0 Å². The van der Waals surface area contributed by atoms with Crippen LogP contribution in [0.5, 0.6) is 0 Å². The number of thiol groups is 1. The fourth-order valence-corrected chi connectivity index (χ4v) is 2.45. The van der Waals surface area contributed by atoms with E-state index in [2.05, 4.69) is 18.7 Å². The zero-order valence-corrected chi connectivity index (χ0v) is 8.78. The van der Waals surface area contributed by atoms with Crippen LogP contribution in [0.2, 0.25) is 0 Å². The molecule has 2 aromatic rings. The normalized spacial score (nSPS) is 10.6. The van der Waals surface area contributed by atoms with Crippen LogP contribution in [0.4, 0.5) is 0 Å². The van der Waals surface area contributed by atoms with E-state index in [1.54, 1.807) is 11.3 Å². The number of aldehydes is 1. The fraction of sp³-hybridized carbons (Fsp3) is 0.100. The molecule has 0 bridgehead atoms. The van der Waals surface area contributed by atoms with Crippen molar-refractivity contribution in [2.75, 3.05) is 0 Å². The first-order valence-electron chi connectivity index (χ1n) is 3.88. The highest BCUT2D eigenvalue weighted by molar-refractivity contribution is 7.80. The van der Waals surface area contributed by atoms with Gasteiger partial charge in [0.2, 0.25) is 0 Å². The minimum absolute atomic E-state index is 0.760. The van der Waals surface area contributed by atoms with E-state index in [1.807, 2.05) is 18.4 Å². The third kappa shape index (κ3) is 1.38. The summed E-state index contributed by atoms with van der Waals surface area (Å²) in [5.41, 5.74) is 1.91. The molecule has 1 aromatic heterocycles. The second-order valence-corrected chi connectivity index (χ2v) is 4.34. The molecule has 0 atom stereocenters. The Hall–Kier alpha value is -0.800. The minimum atomic E-state index is 0.760. The van der Waals surface area contributed by atoms with Gasteiger partial charge in [-0.2, -0.15) is 0 Å². The standard InChI is InChI=1S/C10H8OS2/c1-6-2-10-8(3-9(6)12)7(4-11)5-13-10/h2-5,12H,1H3. The second kappa shape index (κ2) is 3.16. The molecule has 2 rings (SSSR count). The Morgan fingerprint density at radius 3 is 2.92 bits per heavy atom. The van der Waals surface area contributed by atoms with Crippen LogP contribution >= 0.6 is 24.0 Å². The van der Waals surface area contributed by atoms with Crippen molar-refractivity contribution in [2.24, 2.45) is 0 Å². The third-order valence-corrected chi connectivity index (χ3v) is 3.49. The van der Waals surface area contributed by atoms with Gasteiger partial charge in [-0.25, -0.2) is 0 Å². The van der Waals surface area contributed by atoms with Crippen LogP contribution in [0, 0.1) is 6.92 Å². The first-order valence-corrected chi connectivity index (χ1v) is 5.21. The number of hydrogen-bond acceptors (Lipinski definition) is 3. The smallest absolute Gasteiger partial charge is 0.151 e. The molecule has 0 aliphatic rings. The zero-order chi connectivity index (χ0) is 9.42. The summed E-state index contributed by atoms with van der Waals surface area (Å²) in [7, 11) is 0. The van der Waals surface area contributed by atoms with Crippen LogP contribution in [0.1, 0.15) is 15.9 Å². The monoisotopic (exact) mass is 208 g/mol. The molecule has 0 amide bonds. The van der Waals surface area contributed by atoms with Gasteiger partial charge in [-0.3, -0.25) is 4.79 Å². The van der Waals surface area contributed by atoms with E-state index in [0.717, 1.165) is 32.4 Å². The van der Waals surface area contributed by atoms with Gasteiger partial charge in [0.15, 0.2) is 6.29 Å². The Bertz CT molecular complexity index is 471. The SMILES string of the molecule is Cc1cc2scc(C=O)c2cc1S. The molecule has 13 heavy (non-hydrogen) atoms. The Balaban J connectivity index is 2.84. The second-order valence-electron chi connectivity index (χ2n) is 2.94.